The number of carbonyl (C=O) groups is 1. The molecule has 0 radical (unpaired) electrons. The second kappa shape index (κ2) is 7.46. The zero-order chi connectivity index (χ0) is 18.8. The molecule has 0 aromatic heterocycles. The van der Waals surface area contributed by atoms with Gasteiger partial charge in [0.05, 0.1) is 6.54 Å². The Morgan fingerprint density at radius 2 is 1.67 bits per heavy atom. The topological polar surface area (TPSA) is 38.8 Å². The second-order valence-corrected chi connectivity index (χ2v) is 14.9. The first-order chi connectivity index (χ1) is 10.7. The first-order valence-electron chi connectivity index (χ1n) is 9.20. The third-order valence-corrected chi connectivity index (χ3v) is 9.82. The van der Waals surface area contributed by atoms with Gasteiger partial charge >= 0.3 is 5.97 Å². The molecule has 142 valence electrons. The molecule has 1 rings (SSSR count). The zero-order valence-electron chi connectivity index (χ0n) is 17.4. The molecule has 5 heteroatoms. The van der Waals surface area contributed by atoms with Gasteiger partial charge in [-0.1, -0.05) is 20.8 Å². The van der Waals surface area contributed by atoms with Crippen LogP contribution in [0.4, 0.5) is 0 Å². The van der Waals surface area contributed by atoms with Gasteiger partial charge in [0.25, 0.3) is 0 Å². The third kappa shape index (κ3) is 7.24. The fourth-order valence-corrected chi connectivity index (χ4v) is 3.39. The van der Waals surface area contributed by atoms with E-state index in [0.29, 0.717) is 12.0 Å². The SMILES string of the molecule is CN(CCC1(CO[Si](C)(C)C(C)(C)C)CC1)CC(=O)OC(C)(C)C. The maximum atomic E-state index is 11.9. The quantitative estimate of drug-likeness (QED) is 0.475. The van der Waals surface area contributed by atoms with Gasteiger partial charge < -0.3 is 9.16 Å². The number of hydrogen-bond donors (Lipinski definition) is 0. The van der Waals surface area contributed by atoms with Crippen LogP contribution in [0.25, 0.3) is 0 Å². The lowest BCUT2D eigenvalue weighted by Gasteiger charge is -2.37. The highest BCUT2D eigenvalue weighted by Crippen LogP contribution is 2.50. The lowest BCUT2D eigenvalue weighted by molar-refractivity contribution is -0.155. The smallest absolute Gasteiger partial charge is 0.320 e. The Hall–Kier alpha value is -0.393. The highest BCUT2D eigenvalue weighted by Gasteiger charge is 2.46. The van der Waals surface area contributed by atoms with E-state index >= 15 is 0 Å². The molecule has 0 atom stereocenters. The van der Waals surface area contributed by atoms with Gasteiger partial charge in [0.2, 0.25) is 0 Å². The molecule has 0 unspecified atom stereocenters. The number of esters is 1. The largest absolute Gasteiger partial charge is 0.459 e. The van der Waals surface area contributed by atoms with Crippen LogP contribution >= 0.6 is 0 Å². The van der Waals surface area contributed by atoms with E-state index in [9.17, 15) is 4.79 Å². The number of rotatable bonds is 8. The molecule has 0 aliphatic heterocycles. The van der Waals surface area contributed by atoms with E-state index in [-0.39, 0.29) is 11.0 Å². The summed E-state index contributed by atoms with van der Waals surface area (Å²) < 4.78 is 11.8. The first kappa shape index (κ1) is 21.6. The minimum Gasteiger partial charge on any atom is -0.459 e. The summed E-state index contributed by atoms with van der Waals surface area (Å²) in [4.78, 5) is 14.0. The molecular weight excluding hydrogens is 318 g/mol. The normalized spacial score (nSPS) is 17.9. The Bertz CT molecular complexity index is 431. The van der Waals surface area contributed by atoms with Crippen molar-refractivity contribution in [3.63, 3.8) is 0 Å². The molecule has 0 bridgehead atoms. The fraction of sp³-hybridized carbons (Fsp3) is 0.947. The number of likely N-dealkylation sites (N-methyl/N-ethyl adjacent to an activating group) is 1. The van der Waals surface area contributed by atoms with Crippen molar-refractivity contribution >= 4 is 14.3 Å². The van der Waals surface area contributed by atoms with Crippen molar-refractivity contribution in [2.24, 2.45) is 5.41 Å². The van der Waals surface area contributed by atoms with Crippen LogP contribution < -0.4 is 0 Å². The van der Waals surface area contributed by atoms with Crippen molar-refractivity contribution < 1.29 is 14.0 Å². The van der Waals surface area contributed by atoms with Crippen LogP contribution in [0.3, 0.4) is 0 Å². The predicted molar refractivity (Wildman–Crippen MR) is 103 cm³/mol. The summed E-state index contributed by atoms with van der Waals surface area (Å²) in [6.07, 6.45) is 3.60. The van der Waals surface area contributed by atoms with Crippen LogP contribution in [-0.4, -0.2) is 51.5 Å². The average Bonchev–Trinajstić information content (AvgIpc) is 3.11. The van der Waals surface area contributed by atoms with E-state index in [4.69, 9.17) is 9.16 Å². The molecule has 0 spiro atoms. The Kier molecular flexibility index (Phi) is 6.73. The van der Waals surface area contributed by atoms with Gasteiger partial charge in [0, 0.05) is 6.61 Å². The maximum absolute atomic E-state index is 11.9. The van der Waals surface area contributed by atoms with Gasteiger partial charge in [-0.25, -0.2) is 0 Å². The van der Waals surface area contributed by atoms with Gasteiger partial charge in [-0.3, -0.25) is 9.69 Å². The molecule has 0 amide bonds. The van der Waals surface area contributed by atoms with Crippen molar-refractivity contribution in [3.05, 3.63) is 0 Å². The summed E-state index contributed by atoms with van der Waals surface area (Å²) in [5.41, 5.74) is -0.0651. The van der Waals surface area contributed by atoms with E-state index in [0.717, 1.165) is 19.6 Å². The third-order valence-electron chi connectivity index (χ3n) is 5.35. The zero-order valence-corrected chi connectivity index (χ0v) is 18.4. The van der Waals surface area contributed by atoms with E-state index in [2.05, 4.69) is 38.8 Å². The fourth-order valence-electron chi connectivity index (χ4n) is 2.29. The summed E-state index contributed by atoms with van der Waals surface area (Å²) in [6, 6.07) is 0. The maximum Gasteiger partial charge on any atom is 0.320 e. The Morgan fingerprint density at radius 1 is 1.12 bits per heavy atom. The summed E-state index contributed by atoms with van der Waals surface area (Å²) in [6.45, 7) is 19.4. The van der Waals surface area contributed by atoms with Crippen LogP contribution in [0.1, 0.15) is 60.8 Å². The molecule has 1 aliphatic carbocycles. The van der Waals surface area contributed by atoms with E-state index in [1.807, 2.05) is 27.8 Å². The molecule has 0 aromatic rings. The van der Waals surface area contributed by atoms with Gasteiger partial charge in [-0.2, -0.15) is 0 Å². The highest BCUT2D eigenvalue weighted by molar-refractivity contribution is 6.74. The Labute approximate surface area is 150 Å². The molecule has 1 saturated carbocycles. The minimum atomic E-state index is -1.67. The lowest BCUT2D eigenvalue weighted by atomic mass is 10.0. The van der Waals surface area contributed by atoms with Crippen LogP contribution in [0, 0.1) is 5.41 Å². The summed E-state index contributed by atoms with van der Waals surface area (Å²) >= 11 is 0. The Morgan fingerprint density at radius 3 is 2.08 bits per heavy atom. The van der Waals surface area contributed by atoms with Crippen molar-refractivity contribution in [1.82, 2.24) is 4.90 Å². The summed E-state index contributed by atoms with van der Waals surface area (Å²) in [5, 5.41) is 0.261. The number of carbonyl (C=O) groups excluding carboxylic acids is 1. The minimum absolute atomic E-state index is 0.146. The first-order valence-corrected chi connectivity index (χ1v) is 12.1. The number of nitrogens with zero attached hydrogens (tertiary/aromatic N) is 1. The average molecular weight is 358 g/mol. The molecule has 1 aliphatic rings. The van der Waals surface area contributed by atoms with E-state index < -0.39 is 13.9 Å². The predicted octanol–water partition coefficient (Wildman–Crippen LogP) is 4.45. The van der Waals surface area contributed by atoms with Gasteiger partial charge in [-0.15, -0.1) is 0 Å². The summed E-state index contributed by atoms with van der Waals surface area (Å²) in [5.74, 6) is -0.146. The molecule has 0 saturated heterocycles. The van der Waals surface area contributed by atoms with Gasteiger partial charge in [-0.05, 0) is 77.2 Å². The van der Waals surface area contributed by atoms with Crippen molar-refractivity contribution in [1.29, 1.82) is 0 Å². The summed E-state index contributed by atoms with van der Waals surface area (Å²) in [7, 11) is 0.323. The van der Waals surface area contributed by atoms with Crippen molar-refractivity contribution in [2.45, 2.75) is 84.5 Å². The molecule has 1 fully saturated rings. The van der Waals surface area contributed by atoms with E-state index in [1.54, 1.807) is 0 Å². The molecule has 0 N–H and O–H groups in total. The number of hydrogen-bond acceptors (Lipinski definition) is 4. The second-order valence-electron chi connectivity index (χ2n) is 10.1. The van der Waals surface area contributed by atoms with Gasteiger partial charge in [0.15, 0.2) is 8.32 Å². The lowest BCUT2D eigenvalue weighted by Crippen LogP contribution is -2.42. The van der Waals surface area contributed by atoms with E-state index in [1.165, 1.54) is 12.8 Å². The van der Waals surface area contributed by atoms with Crippen molar-refractivity contribution in [2.75, 3.05) is 26.7 Å². The Balaban J connectivity index is 2.37. The van der Waals surface area contributed by atoms with Gasteiger partial charge in [0.1, 0.15) is 5.60 Å². The monoisotopic (exact) mass is 357 g/mol. The van der Waals surface area contributed by atoms with Crippen LogP contribution in [0.15, 0.2) is 0 Å². The molecular formula is C19H39NO3Si. The van der Waals surface area contributed by atoms with Crippen LogP contribution in [0.2, 0.25) is 18.1 Å². The van der Waals surface area contributed by atoms with Crippen LogP contribution in [0.5, 0.6) is 0 Å². The van der Waals surface area contributed by atoms with Crippen LogP contribution in [-0.2, 0) is 14.0 Å². The molecule has 4 nitrogen and oxygen atoms in total. The molecule has 0 heterocycles. The standard InChI is InChI=1S/C19H39NO3Si/c1-17(2,3)23-16(21)14-20(7)13-12-19(10-11-19)15-22-24(8,9)18(4,5)6/h10-15H2,1-9H3. The molecule has 0 aromatic carbocycles. The van der Waals surface area contributed by atoms with Crippen molar-refractivity contribution in [3.8, 4) is 0 Å². The highest BCUT2D eigenvalue weighted by atomic mass is 28.4. The molecule has 24 heavy (non-hydrogen) atoms. The number of ether oxygens (including phenoxy) is 1.